The molecule has 31 heavy (non-hydrogen) atoms. The largest absolute Gasteiger partial charge is 0.473 e. The minimum atomic E-state index is -0.314. The van der Waals surface area contributed by atoms with Gasteiger partial charge in [-0.05, 0) is 71.1 Å². The SMILES string of the molecule is Cn1nnn(-c2cccc(C3CC3)c2COc2cccc(-c3ccc(F)cc3)n2)c1=O. The fourth-order valence-electron chi connectivity index (χ4n) is 3.61. The van der Waals surface area contributed by atoms with Crippen molar-refractivity contribution < 1.29 is 9.13 Å². The molecule has 4 aromatic rings. The Kier molecular flexibility index (Phi) is 4.82. The molecule has 1 fully saturated rings. The minimum Gasteiger partial charge on any atom is -0.473 e. The molecule has 8 heteroatoms. The molecule has 2 aromatic heterocycles. The molecule has 5 rings (SSSR count). The summed E-state index contributed by atoms with van der Waals surface area (Å²) in [6.07, 6.45) is 2.23. The molecular formula is C23H20FN5O2. The minimum absolute atomic E-state index is 0.241. The highest BCUT2D eigenvalue weighted by Gasteiger charge is 2.28. The number of aromatic nitrogens is 5. The molecule has 0 radical (unpaired) electrons. The van der Waals surface area contributed by atoms with Crippen LogP contribution in [0.5, 0.6) is 5.88 Å². The van der Waals surface area contributed by atoms with Gasteiger partial charge in [0.25, 0.3) is 0 Å². The lowest BCUT2D eigenvalue weighted by Crippen LogP contribution is -2.23. The van der Waals surface area contributed by atoms with Crippen LogP contribution < -0.4 is 10.4 Å². The number of tetrazole rings is 1. The molecule has 0 atom stereocenters. The van der Waals surface area contributed by atoms with Crippen molar-refractivity contribution in [1.82, 2.24) is 24.8 Å². The molecule has 1 aliphatic rings. The molecule has 0 N–H and O–H groups in total. The molecule has 156 valence electrons. The average molecular weight is 417 g/mol. The van der Waals surface area contributed by atoms with E-state index in [2.05, 4.69) is 21.5 Å². The van der Waals surface area contributed by atoms with Gasteiger partial charge < -0.3 is 4.74 Å². The van der Waals surface area contributed by atoms with Crippen molar-refractivity contribution in [3.8, 4) is 22.8 Å². The zero-order valence-corrected chi connectivity index (χ0v) is 16.9. The Morgan fingerprint density at radius 2 is 1.81 bits per heavy atom. The molecule has 2 heterocycles. The van der Waals surface area contributed by atoms with Crippen molar-refractivity contribution >= 4 is 0 Å². The van der Waals surface area contributed by atoms with Crippen molar-refractivity contribution in [1.29, 1.82) is 0 Å². The quantitative estimate of drug-likeness (QED) is 0.479. The first kappa shape index (κ1) is 19.2. The van der Waals surface area contributed by atoms with Crippen molar-refractivity contribution in [2.75, 3.05) is 0 Å². The second-order valence-electron chi connectivity index (χ2n) is 7.57. The molecule has 0 unspecified atom stereocenters. The van der Waals surface area contributed by atoms with E-state index in [4.69, 9.17) is 4.74 Å². The third kappa shape index (κ3) is 3.84. The van der Waals surface area contributed by atoms with E-state index in [9.17, 15) is 9.18 Å². The number of rotatable bonds is 6. The summed E-state index contributed by atoms with van der Waals surface area (Å²) in [5.41, 5.74) is 3.91. The van der Waals surface area contributed by atoms with Crippen LogP contribution in [0.1, 0.15) is 29.9 Å². The zero-order chi connectivity index (χ0) is 21.4. The number of hydrogen-bond acceptors (Lipinski definition) is 5. The van der Waals surface area contributed by atoms with Gasteiger partial charge in [0.05, 0.1) is 11.4 Å². The van der Waals surface area contributed by atoms with E-state index in [1.54, 1.807) is 25.2 Å². The molecule has 1 saturated carbocycles. The molecule has 0 bridgehead atoms. The van der Waals surface area contributed by atoms with Gasteiger partial charge in [0.2, 0.25) is 5.88 Å². The normalized spacial score (nSPS) is 13.4. The average Bonchev–Trinajstić information content (AvgIpc) is 3.58. The summed E-state index contributed by atoms with van der Waals surface area (Å²) >= 11 is 0. The van der Waals surface area contributed by atoms with Gasteiger partial charge in [-0.1, -0.05) is 18.2 Å². The summed E-state index contributed by atoms with van der Waals surface area (Å²) in [5, 5.41) is 7.83. The Balaban J connectivity index is 1.47. The van der Waals surface area contributed by atoms with Crippen molar-refractivity contribution in [2.24, 2.45) is 7.05 Å². The topological polar surface area (TPSA) is 74.8 Å². The Bertz CT molecular complexity index is 1290. The molecule has 7 nitrogen and oxygen atoms in total. The van der Waals surface area contributed by atoms with Crippen LogP contribution in [-0.2, 0) is 13.7 Å². The number of aryl methyl sites for hydroxylation is 1. The predicted octanol–water partition coefficient (Wildman–Crippen LogP) is 3.62. The van der Waals surface area contributed by atoms with E-state index in [1.165, 1.54) is 21.5 Å². The van der Waals surface area contributed by atoms with Gasteiger partial charge in [0.15, 0.2) is 0 Å². The van der Waals surface area contributed by atoms with Gasteiger partial charge >= 0.3 is 5.69 Å². The first-order chi connectivity index (χ1) is 15.1. The molecule has 0 aliphatic heterocycles. The van der Waals surface area contributed by atoms with E-state index in [0.29, 0.717) is 23.2 Å². The molecule has 2 aromatic carbocycles. The van der Waals surface area contributed by atoms with E-state index in [-0.39, 0.29) is 18.1 Å². The Morgan fingerprint density at radius 1 is 1.03 bits per heavy atom. The summed E-state index contributed by atoms with van der Waals surface area (Å²) in [6, 6.07) is 17.5. The summed E-state index contributed by atoms with van der Waals surface area (Å²) < 4.78 is 21.8. The van der Waals surface area contributed by atoms with Crippen LogP contribution in [0.4, 0.5) is 4.39 Å². The highest BCUT2D eigenvalue weighted by Crippen LogP contribution is 2.43. The summed E-state index contributed by atoms with van der Waals surface area (Å²) in [6.45, 7) is 0.241. The highest BCUT2D eigenvalue weighted by atomic mass is 19.1. The van der Waals surface area contributed by atoms with Crippen LogP contribution in [0.15, 0.2) is 65.5 Å². The van der Waals surface area contributed by atoms with Gasteiger partial charge in [0.1, 0.15) is 12.4 Å². The number of halogens is 1. The van der Waals surface area contributed by atoms with Crippen molar-refractivity contribution in [3.05, 3.63) is 88.1 Å². The van der Waals surface area contributed by atoms with E-state index < -0.39 is 0 Å². The van der Waals surface area contributed by atoms with Crippen LogP contribution in [0.3, 0.4) is 0 Å². The van der Waals surface area contributed by atoms with Crippen molar-refractivity contribution in [3.63, 3.8) is 0 Å². The van der Waals surface area contributed by atoms with E-state index in [1.807, 2.05) is 24.3 Å². The lowest BCUT2D eigenvalue weighted by molar-refractivity contribution is 0.292. The van der Waals surface area contributed by atoms with E-state index >= 15 is 0 Å². The summed E-state index contributed by atoms with van der Waals surface area (Å²) in [5.74, 6) is 0.619. The van der Waals surface area contributed by atoms with Gasteiger partial charge in [-0.15, -0.1) is 0 Å². The number of pyridine rings is 1. The van der Waals surface area contributed by atoms with Crippen LogP contribution in [-0.4, -0.2) is 24.8 Å². The molecule has 0 spiro atoms. The zero-order valence-electron chi connectivity index (χ0n) is 16.9. The summed E-state index contributed by atoms with van der Waals surface area (Å²) in [4.78, 5) is 17.0. The Labute approximate surface area is 177 Å². The van der Waals surface area contributed by atoms with Crippen molar-refractivity contribution in [2.45, 2.75) is 25.4 Å². The number of ether oxygens (including phenoxy) is 1. The molecule has 1 aliphatic carbocycles. The maximum atomic E-state index is 13.2. The van der Waals surface area contributed by atoms with Gasteiger partial charge in [-0.25, -0.2) is 14.2 Å². The van der Waals surface area contributed by atoms with Crippen LogP contribution in [0.2, 0.25) is 0 Å². The Hall–Kier alpha value is -3.81. The predicted molar refractivity (Wildman–Crippen MR) is 113 cm³/mol. The monoisotopic (exact) mass is 417 g/mol. The third-order valence-corrected chi connectivity index (χ3v) is 5.38. The lowest BCUT2D eigenvalue weighted by atomic mass is 10.0. The van der Waals surface area contributed by atoms with E-state index in [0.717, 1.165) is 29.5 Å². The van der Waals surface area contributed by atoms with Gasteiger partial charge in [0, 0.05) is 24.2 Å². The number of hydrogen-bond donors (Lipinski definition) is 0. The fraction of sp³-hybridized carbons (Fsp3) is 0.217. The smallest absolute Gasteiger partial charge is 0.368 e. The van der Waals surface area contributed by atoms with Gasteiger partial charge in [-0.2, -0.15) is 9.36 Å². The van der Waals surface area contributed by atoms with Crippen LogP contribution in [0.25, 0.3) is 16.9 Å². The first-order valence-electron chi connectivity index (χ1n) is 10.1. The van der Waals surface area contributed by atoms with Gasteiger partial charge in [-0.3, -0.25) is 0 Å². The Morgan fingerprint density at radius 3 is 2.52 bits per heavy atom. The molecular weight excluding hydrogens is 397 g/mol. The second kappa shape index (κ2) is 7.79. The van der Waals surface area contributed by atoms with Crippen LogP contribution >= 0.6 is 0 Å². The third-order valence-electron chi connectivity index (χ3n) is 5.38. The number of benzene rings is 2. The molecule has 0 amide bonds. The standard InChI is InChI=1S/C23H20FN5O2/c1-28-23(30)29(27-26-28)21-6-2-4-18(15-8-9-15)19(21)14-31-22-7-3-5-20(25-22)16-10-12-17(24)13-11-16/h2-7,10-13,15H,8-9,14H2,1H3. The summed E-state index contributed by atoms with van der Waals surface area (Å²) in [7, 11) is 1.57. The maximum Gasteiger partial charge on any atom is 0.368 e. The number of nitrogens with zero attached hydrogens (tertiary/aromatic N) is 5. The first-order valence-corrected chi connectivity index (χ1v) is 10.1. The fourth-order valence-corrected chi connectivity index (χ4v) is 3.61. The molecule has 0 saturated heterocycles. The maximum absolute atomic E-state index is 13.2. The lowest BCUT2D eigenvalue weighted by Gasteiger charge is -2.15. The highest BCUT2D eigenvalue weighted by molar-refractivity contribution is 5.59. The van der Waals surface area contributed by atoms with Crippen LogP contribution in [0, 0.1) is 5.82 Å². The second-order valence-corrected chi connectivity index (χ2v) is 7.57.